The molecule has 1 heterocycles. The molecular weight excluding hydrogens is 324 g/mol. The van der Waals surface area contributed by atoms with Gasteiger partial charge in [-0.25, -0.2) is 0 Å². The van der Waals surface area contributed by atoms with Gasteiger partial charge in [0.1, 0.15) is 0 Å². The second-order valence-electron chi connectivity index (χ2n) is 5.98. The van der Waals surface area contributed by atoms with E-state index in [-0.39, 0.29) is 11.4 Å². The number of carbonyl (C=O) groups excluding carboxylic acids is 1. The number of nitrogens with zero attached hydrogens (tertiary/aromatic N) is 2. The van der Waals surface area contributed by atoms with E-state index in [1.807, 2.05) is 24.3 Å². The van der Waals surface area contributed by atoms with E-state index in [1.54, 1.807) is 0 Å². The molecule has 126 valence electrons. The van der Waals surface area contributed by atoms with E-state index in [9.17, 15) is 20.0 Å². The van der Waals surface area contributed by atoms with E-state index in [0.29, 0.717) is 17.3 Å². The molecule has 0 saturated heterocycles. The molecule has 0 aliphatic heterocycles. The number of H-pyrrole nitrogens is 1. The van der Waals surface area contributed by atoms with Crippen LogP contribution >= 0.6 is 0 Å². The van der Waals surface area contributed by atoms with E-state index in [4.69, 9.17) is 0 Å². The summed E-state index contributed by atoms with van der Waals surface area (Å²) in [6.45, 7) is 0. The first-order valence-electron chi connectivity index (χ1n) is 7.74. The van der Waals surface area contributed by atoms with Crippen molar-refractivity contribution in [2.45, 2.75) is 18.6 Å². The van der Waals surface area contributed by atoms with Crippen LogP contribution < -0.4 is 5.32 Å². The SMILES string of the molecule is O=C(N[C@@H]1c2ccccc2C[C@@H]1O)c1n[nH]c2ccc([N+](=O)[O-])cc12. The number of aliphatic hydroxyl groups is 1. The van der Waals surface area contributed by atoms with Crippen LogP contribution in [0.2, 0.25) is 0 Å². The Hall–Kier alpha value is -3.26. The van der Waals surface area contributed by atoms with Crippen LogP contribution in [0, 0.1) is 10.1 Å². The number of nitro groups is 1. The predicted octanol–water partition coefficient (Wildman–Crippen LogP) is 1.86. The van der Waals surface area contributed by atoms with Gasteiger partial charge in [0.2, 0.25) is 0 Å². The van der Waals surface area contributed by atoms with Gasteiger partial charge in [-0.05, 0) is 17.2 Å². The lowest BCUT2D eigenvalue weighted by Gasteiger charge is -2.17. The summed E-state index contributed by atoms with van der Waals surface area (Å²) in [6.07, 6.45) is -0.255. The molecule has 8 heteroatoms. The minimum atomic E-state index is -0.721. The van der Waals surface area contributed by atoms with Crippen molar-refractivity contribution in [1.82, 2.24) is 15.5 Å². The zero-order valence-corrected chi connectivity index (χ0v) is 13.0. The van der Waals surface area contributed by atoms with Gasteiger partial charge in [0, 0.05) is 23.9 Å². The summed E-state index contributed by atoms with van der Waals surface area (Å²) in [7, 11) is 0. The summed E-state index contributed by atoms with van der Waals surface area (Å²) < 4.78 is 0. The van der Waals surface area contributed by atoms with Crippen LogP contribution in [0.15, 0.2) is 42.5 Å². The van der Waals surface area contributed by atoms with Gasteiger partial charge in [0.25, 0.3) is 11.6 Å². The van der Waals surface area contributed by atoms with Crippen molar-refractivity contribution >= 4 is 22.5 Å². The number of fused-ring (bicyclic) bond motifs is 2. The first-order valence-corrected chi connectivity index (χ1v) is 7.74. The van der Waals surface area contributed by atoms with Gasteiger partial charge in [0.05, 0.1) is 22.6 Å². The van der Waals surface area contributed by atoms with E-state index < -0.39 is 23.0 Å². The van der Waals surface area contributed by atoms with Crippen LogP contribution in [-0.2, 0) is 6.42 Å². The second kappa shape index (κ2) is 5.67. The fourth-order valence-corrected chi connectivity index (χ4v) is 3.25. The third-order valence-electron chi connectivity index (χ3n) is 4.46. The molecule has 0 spiro atoms. The molecular formula is C17H14N4O4. The normalized spacial score (nSPS) is 18.9. The summed E-state index contributed by atoms with van der Waals surface area (Å²) in [4.78, 5) is 23.1. The summed E-state index contributed by atoms with van der Waals surface area (Å²) >= 11 is 0. The Morgan fingerprint density at radius 2 is 2.12 bits per heavy atom. The molecule has 0 fully saturated rings. The molecule has 0 radical (unpaired) electrons. The highest BCUT2D eigenvalue weighted by Gasteiger charge is 2.32. The van der Waals surface area contributed by atoms with Crippen LogP contribution in [-0.4, -0.2) is 32.2 Å². The van der Waals surface area contributed by atoms with Crippen LogP contribution in [0.25, 0.3) is 10.9 Å². The number of hydrogen-bond acceptors (Lipinski definition) is 5. The van der Waals surface area contributed by atoms with Crippen molar-refractivity contribution in [3.63, 3.8) is 0 Å². The van der Waals surface area contributed by atoms with Crippen molar-refractivity contribution in [2.75, 3.05) is 0 Å². The van der Waals surface area contributed by atoms with Gasteiger partial charge in [0.15, 0.2) is 5.69 Å². The average molecular weight is 338 g/mol. The van der Waals surface area contributed by atoms with E-state index in [0.717, 1.165) is 11.1 Å². The maximum Gasteiger partial charge on any atom is 0.272 e. The molecule has 1 aliphatic rings. The average Bonchev–Trinajstić information content (AvgIpc) is 3.15. The molecule has 0 bridgehead atoms. The van der Waals surface area contributed by atoms with Gasteiger partial charge in [-0.15, -0.1) is 0 Å². The number of aromatic amines is 1. The molecule has 4 rings (SSSR count). The lowest BCUT2D eigenvalue weighted by atomic mass is 10.1. The molecule has 1 aromatic heterocycles. The number of aromatic nitrogens is 2. The molecule has 1 amide bonds. The highest BCUT2D eigenvalue weighted by Crippen LogP contribution is 2.32. The summed E-state index contributed by atoms with van der Waals surface area (Å²) in [5.74, 6) is -0.493. The first kappa shape index (κ1) is 15.3. The predicted molar refractivity (Wildman–Crippen MR) is 89.1 cm³/mol. The summed E-state index contributed by atoms with van der Waals surface area (Å²) in [5, 5.41) is 31.0. The van der Waals surface area contributed by atoms with Gasteiger partial charge >= 0.3 is 0 Å². The number of aliphatic hydroxyl groups excluding tert-OH is 1. The van der Waals surface area contributed by atoms with E-state index in [1.165, 1.54) is 18.2 Å². The van der Waals surface area contributed by atoms with E-state index >= 15 is 0 Å². The van der Waals surface area contributed by atoms with Crippen LogP contribution in [0.1, 0.15) is 27.7 Å². The number of benzene rings is 2. The van der Waals surface area contributed by atoms with Gasteiger partial charge in [-0.2, -0.15) is 5.10 Å². The third kappa shape index (κ3) is 2.52. The van der Waals surface area contributed by atoms with Gasteiger partial charge < -0.3 is 10.4 Å². The highest BCUT2D eigenvalue weighted by molar-refractivity contribution is 6.05. The minimum Gasteiger partial charge on any atom is -0.390 e. The van der Waals surface area contributed by atoms with Crippen molar-refractivity contribution in [2.24, 2.45) is 0 Å². The standard InChI is InChI=1S/C17H14N4O4/c22-14-7-9-3-1-2-4-11(9)15(14)18-17(23)16-12-8-10(21(24)25)5-6-13(12)19-20-16/h1-6,8,14-15,22H,7H2,(H,18,23)(H,19,20)/t14-,15+/m0/s1. The number of nitrogens with one attached hydrogen (secondary N) is 2. The lowest BCUT2D eigenvalue weighted by Crippen LogP contribution is -2.34. The number of hydrogen-bond donors (Lipinski definition) is 3. The van der Waals surface area contributed by atoms with Crippen LogP contribution in [0.3, 0.4) is 0 Å². The largest absolute Gasteiger partial charge is 0.390 e. The quantitative estimate of drug-likeness (QED) is 0.497. The molecule has 25 heavy (non-hydrogen) atoms. The maximum absolute atomic E-state index is 12.6. The van der Waals surface area contributed by atoms with Crippen molar-refractivity contribution in [3.05, 3.63) is 69.4 Å². The Labute approximate surface area is 141 Å². The number of rotatable bonds is 3. The zero-order valence-electron chi connectivity index (χ0n) is 13.0. The Bertz CT molecular complexity index is 997. The molecule has 2 aromatic carbocycles. The Morgan fingerprint density at radius 3 is 2.92 bits per heavy atom. The summed E-state index contributed by atoms with van der Waals surface area (Å²) in [5.41, 5.74) is 2.34. The Morgan fingerprint density at radius 1 is 1.32 bits per heavy atom. The van der Waals surface area contributed by atoms with Crippen molar-refractivity contribution in [1.29, 1.82) is 0 Å². The van der Waals surface area contributed by atoms with Crippen LogP contribution in [0.4, 0.5) is 5.69 Å². The molecule has 3 aromatic rings. The smallest absolute Gasteiger partial charge is 0.272 e. The van der Waals surface area contributed by atoms with Gasteiger partial charge in [-0.1, -0.05) is 24.3 Å². The Kier molecular flexibility index (Phi) is 3.47. The molecule has 1 aliphatic carbocycles. The van der Waals surface area contributed by atoms with Gasteiger partial charge in [-0.3, -0.25) is 20.0 Å². The minimum absolute atomic E-state index is 0.0651. The lowest BCUT2D eigenvalue weighted by molar-refractivity contribution is -0.384. The Balaban J connectivity index is 1.67. The monoisotopic (exact) mass is 338 g/mol. The maximum atomic E-state index is 12.6. The molecule has 0 saturated carbocycles. The van der Waals surface area contributed by atoms with Crippen LogP contribution in [0.5, 0.6) is 0 Å². The third-order valence-corrected chi connectivity index (χ3v) is 4.46. The first-order chi connectivity index (χ1) is 12.0. The molecule has 8 nitrogen and oxygen atoms in total. The highest BCUT2D eigenvalue weighted by atomic mass is 16.6. The fourth-order valence-electron chi connectivity index (χ4n) is 3.25. The number of non-ortho nitro benzene ring substituents is 1. The molecule has 3 N–H and O–H groups in total. The number of carbonyl (C=O) groups is 1. The topological polar surface area (TPSA) is 121 Å². The number of amides is 1. The van der Waals surface area contributed by atoms with Crippen molar-refractivity contribution < 1.29 is 14.8 Å². The zero-order chi connectivity index (χ0) is 17.6. The summed E-state index contributed by atoms with van der Waals surface area (Å²) in [6, 6.07) is 11.2. The number of nitro benzene ring substituents is 1. The fraction of sp³-hybridized carbons (Fsp3) is 0.176. The van der Waals surface area contributed by atoms with E-state index in [2.05, 4.69) is 15.5 Å². The second-order valence-corrected chi connectivity index (χ2v) is 5.98. The molecule has 2 atom stereocenters. The molecule has 0 unspecified atom stereocenters. The van der Waals surface area contributed by atoms with Crippen molar-refractivity contribution in [3.8, 4) is 0 Å².